The third kappa shape index (κ3) is 3.09. The van der Waals surface area contributed by atoms with E-state index in [1.165, 1.54) is 0 Å². The third-order valence-electron chi connectivity index (χ3n) is 2.88. The first-order chi connectivity index (χ1) is 9.61. The Balaban J connectivity index is 2.17. The Hall–Kier alpha value is -2.50. The summed E-state index contributed by atoms with van der Waals surface area (Å²) < 4.78 is 5.36. The number of nitrogens with zero attached hydrogens (tertiary/aromatic N) is 1. The van der Waals surface area contributed by atoms with Crippen LogP contribution in [0, 0.1) is 0 Å². The maximum absolute atomic E-state index is 11.8. The van der Waals surface area contributed by atoms with Crippen LogP contribution in [-0.2, 0) is 9.59 Å². The molecule has 1 heterocycles. The number of carbonyl (C=O) groups excluding carboxylic acids is 1. The molecule has 2 N–H and O–H groups in total. The van der Waals surface area contributed by atoms with Crippen LogP contribution in [0.25, 0.3) is 0 Å². The third-order valence-corrected chi connectivity index (χ3v) is 2.88. The molecule has 6 heteroatoms. The number of hydrogen-bond donors (Lipinski definition) is 2. The van der Waals surface area contributed by atoms with Crippen molar-refractivity contribution in [1.82, 2.24) is 0 Å². The fourth-order valence-electron chi connectivity index (χ4n) is 1.96. The van der Waals surface area contributed by atoms with Crippen molar-refractivity contribution in [3.63, 3.8) is 0 Å². The van der Waals surface area contributed by atoms with Crippen molar-refractivity contribution in [2.75, 3.05) is 29.9 Å². The van der Waals surface area contributed by atoms with Gasteiger partial charge in [0.2, 0.25) is 0 Å². The topological polar surface area (TPSA) is 78.9 Å². The van der Waals surface area contributed by atoms with Crippen molar-refractivity contribution in [1.29, 1.82) is 0 Å². The number of carbonyl (C=O) groups is 2. The number of anilines is 2. The smallest absolute Gasteiger partial charge is 0.305 e. The van der Waals surface area contributed by atoms with Crippen LogP contribution < -0.4 is 15.0 Å². The monoisotopic (exact) mass is 276 g/mol. The van der Waals surface area contributed by atoms with Crippen molar-refractivity contribution in [2.45, 2.75) is 6.42 Å². The summed E-state index contributed by atoms with van der Waals surface area (Å²) in [6.45, 7) is 4.39. The van der Waals surface area contributed by atoms with Gasteiger partial charge in [0.15, 0.2) is 6.61 Å². The van der Waals surface area contributed by atoms with Crippen LogP contribution in [-0.4, -0.2) is 36.7 Å². The van der Waals surface area contributed by atoms with Gasteiger partial charge in [0.05, 0.1) is 12.1 Å². The van der Waals surface area contributed by atoms with Gasteiger partial charge in [-0.05, 0) is 18.2 Å². The average molecular weight is 276 g/mol. The predicted octanol–water partition coefficient (Wildman–Crippen LogP) is 1.48. The van der Waals surface area contributed by atoms with Gasteiger partial charge in [-0.15, -0.1) is 6.58 Å². The summed E-state index contributed by atoms with van der Waals surface area (Å²) in [7, 11) is 0. The Bertz CT molecular complexity index is 542. The molecule has 0 aliphatic carbocycles. The highest BCUT2D eigenvalue weighted by atomic mass is 16.5. The highest BCUT2D eigenvalue weighted by Crippen LogP contribution is 2.34. The lowest BCUT2D eigenvalue weighted by Crippen LogP contribution is -2.38. The number of carboxylic acids is 1. The fourth-order valence-corrected chi connectivity index (χ4v) is 1.96. The van der Waals surface area contributed by atoms with E-state index in [9.17, 15) is 9.59 Å². The Morgan fingerprint density at radius 3 is 3.05 bits per heavy atom. The number of rotatable bonds is 6. The second-order valence-electron chi connectivity index (χ2n) is 4.33. The number of hydrogen-bond acceptors (Lipinski definition) is 4. The number of fused-ring (bicyclic) bond motifs is 1. The van der Waals surface area contributed by atoms with Crippen molar-refractivity contribution in [3.8, 4) is 5.75 Å². The predicted molar refractivity (Wildman–Crippen MR) is 75.2 cm³/mol. The number of carboxylic acid groups (broad SMARTS) is 1. The molecular weight excluding hydrogens is 260 g/mol. The van der Waals surface area contributed by atoms with Gasteiger partial charge in [0.1, 0.15) is 5.75 Å². The van der Waals surface area contributed by atoms with E-state index in [1.807, 2.05) is 0 Å². The molecule has 0 saturated heterocycles. The summed E-state index contributed by atoms with van der Waals surface area (Å²) in [5, 5.41) is 11.6. The standard InChI is InChI=1S/C14H16N2O4/c1-2-7-16-11-8-10(15-6-5-14(18)19)3-4-12(11)20-9-13(16)17/h2-4,8,15H,1,5-7,9H2,(H,18,19). The van der Waals surface area contributed by atoms with Gasteiger partial charge in [-0.1, -0.05) is 6.08 Å². The van der Waals surface area contributed by atoms with Gasteiger partial charge in [-0.2, -0.15) is 0 Å². The normalized spacial score (nSPS) is 13.4. The SMILES string of the molecule is C=CCN1C(=O)COc2ccc(NCCC(=O)O)cc21. The average Bonchev–Trinajstić information content (AvgIpc) is 2.42. The quantitative estimate of drug-likeness (QED) is 0.769. The van der Waals surface area contributed by atoms with Gasteiger partial charge in [-0.3, -0.25) is 9.59 Å². The summed E-state index contributed by atoms with van der Waals surface area (Å²) in [5.74, 6) is -0.349. The molecule has 0 saturated carbocycles. The zero-order valence-electron chi connectivity index (χ0n) is 11.0. The van der Waals surface area contributed by atoms with Crippen LogP contribution >= 0.6 is 0 Å². The van der Waals surface area contributed by atoms with E-state index in [1.54, 1.807) is 29.2 Å². The van der Waals surface area contributed by atoms with Gasteiger partial charge in [0.25, 0.3) is 5.91 Å². The molecule has 0 fully saturated rings. The molecule has 6 nitrogen and oxygen atoms in total. The molecule has 2 rings (SSSR count). The first-order valence-electron chi connectivity index (χ1n) is 6.25. The molecular formula is C14H16N2O4. The maximum atomic E-state index is 11.8. The second-order valence-corrected chi connectivity index (χ2v) is 4.33. The molecule has 1 aromatic carbocycles. The zero-order valence-corrected chi connectivity index (χ0v) is 11.0. The van der Waals surface area contributed by atoms with Crippen molar-refractivity contribution in [3.05, 3.63) is 30.9 Å². The van der Waals surface area contributed by atoms with E-state index >= 15 is 0 Å². The van der Waals surface area contributed by atoms with Crippen LogP contribution in [0.2, 0.25) is 0 Å². The van der Waals surface area contributed by atoms with Gasteiger partial charge >= 0.3 is 5.97 Å². The minimum absolute atomic E-state index is 0.0205. The van der Waals surface area contributed by atoms with Gasteiger partial charge in [-0.25, -0.2) is 0 Å². The summed E-state index contributed by atoms with van der Waals surface area (Å²) in [5.41, 5.74) is 1.42. The van der Waals surface area contributed by atoms with Crippen LogP contribution in [0.3, 0.4) is 0 Å². The van der Waals surface area contributed by atoms with E-state index in [-0.39, 0.29) is 18.9 Å². The van der Waals surface area contributed by atoms with Crippen molar-refractivity contribution >= 4 is 23.3 Å². The summed E-state index contributed by atoms with van der Waals surface area (Å²) in [4.78, 5) is 23.9. The molecule has 0 aromatic heterocycles. The summed E-state index contributed by atoms with van der Waals surface area (Å²) in [6.07, 6.45) is 1.68. The molecule has 1 aliphatic rings. The first kappa shape index (κ1) is 13.9. The van der Waals surface area contributed by atoms with Crippen molar-refractivity contribution < 1.29 is 19.4 Å². The fraction of sp³-hybridized carbons (Fsp3) is 0.286. The van der Waals surface area contributed by atoms with E-state index in [0.717, 1.165) is 5.69 Å². The van der Waals surface area contributed by atoms with E-state index in [0.29, 0.717) is 24.5 Å². The molecule has 20 heavy (non-hydrogen) atoms. The van der Waals surface area contributed by atoms with Gasteiger partial charge < -0.3 is 20.1 Å². The second kappa shape index (κ2) is 6.10. The van der Waals surface area contributed by atoms with E-state index < -0.39 is 5.97 Å². The summed E-state index contributed by atoms with van der Waals surface area (Å²) in [6, 6.07) is 5.33. The van der Waals surface area contributed by atoms with Crippen LogP contribution in [0.5, 0.6) is 5.75 Å². The number of aliphatic carboxylic acids is 1. The lowest BCUT2D eigenvalue weighted by molar-refractivity contribution is -0.136. The largest absolute Gasteiger partial charge is 0.482 e. The summed E-state index contributed by atoms with van der Waals surface area (Å²) >= 11 is 0. The number of ether oxygens (including phenoxy) is 1. The van der Waals surface area contributed by atoms with Crippen LogP contribution in [0.4, 0.5) is 11.4 Å². The molecule has 0 spiro atoms. The highest BCUT2D eigenvalue weighted by Gasteiger charge is 2.24. The lowest BCUT2D eigenvalue weighted by atomic mass is 10.2. The van der Waals surface area contributed by atoms with Crippen molar-refractivity contribution in [2.24, 2.45) is 0 Å². The Labute approximate surface area is 116 Å². The van der Waals surface area contributed by atoms with Crippen LogP contribution in [0.1, 0.15) is 6.42 Å². The van der Waals surface area contributed by atoms with E-state index in [2.05, 4.69) is 11.9 Å². The molecule has 1 amide bonds. The first-order valence-corrected chi connectivity index (χ1v) is 6.25. The number of benzene rings is 1. The lowest BCUT2D eigenvalue weighted by Gasteiger charge is -2.29. The molecule has 1 aliphatic heterocycles. The highest BCUT2D eigenvalue weighted by molar-refractivity contribution is 5.98. The zero-order chi connectivity index (χ0) is 14.5. The van der Waals surface area contributed by atoms with Crippen LogP contribution in [0.15, 0.2) is 30.9 Å². The molecule has 1 aromatic rings. The van der Waals surface area contributed by atoms with E-state index in [4.69, 9.17) is 9.84 Å². The molecule has 106 valence electrons. The van der Waals surface area contributed by atoms with Gasteiger partial charge in [0, 0.05) is 18.8 Å². The minimum atomic E-state index is -0.859. The number of amides is 1. The Kier molecular flexibility index (Phi) is 4.24. The minimum Gasteiger partial charge on any atom is -0.482 e. The number of nitrogens with one attached hydrogen (secondary N) is 1. The Morgan fingerprint density at radius 2 is 2.35 bits per heavy atom. The maximum Gasteiger partial charge on any atom is 0.305 e. The molecule has 0 bridgehead atoms. The molecule has 0 radical (unpaired) electrons. The Morgan fingerprint density at radius 1 is 1.55 bits per heavy atom. The molecule has 0 atom stereocenters. The molecule has 0 unspecified atom stereocenters.